The lowest BCUT2D eigenvalue weighted by Gasteiger charge is -2.28. The minimum absolute atomic E-state index is 0.0478. The first kappa shape index (κ1) is 25.5. The van der Waals surface area contributed by atoms with Gasteiger partial charge in [-0.2, -0.15) is 17.2 Å². The summed E-state index contributed by atoms with van der Waals surface area (Å²) in [5.41, 5.74) is 0.0352. The summed E-state index contributed by atoms with van der Waals surface area (Å²) >= 11 is 0. The third-order valence-corrected chi connectivity index (χ3v) is 5.91. The smallest absolute Gasteiger partial charge is 0.410 e. The van der Waals surface area contributed by atoms with Crippen molar-refractivity contribution in [1.29, 1.82) is 0 Å². The van der Waals surface area contributed by atoms with Gasteiger partial charge in [-0.25, -0.2) is 4.79 Å². The Labute approximate surface area is 193 Å². The highest BCUT2D eigenvalue weighted by Crippen LogP contribution is 2.39. The van der Waals surface area contributed by atoms with Gasteiger partial charge in [0, 0.05) is 12.5 Å². The molecule has 0 radical (unpaired) electrons. The van der Waals surface area contributed by atoms with Gasteiger partial charge in [-0.05, 0) is 63.6 Å². The first-order chi connectivity index (χ1) is 15.3. The Morgan fingerprint density at radius 2 is 1.88 bits per heavy atom. The van der Waals surface area contributed by atoms with Crippen molar-refractivity contribution < 1.29 is 40.4 Å². The van der Waals surface area contributed by atoms with Crippen molar-refractivity contribution in [2.24, 2.45) is 5.92 Å². The summed E-state index contributed by atoms with van der Waals surface area (Å²) < 4.78 is 69.4. The van der Waals surface area contributed by atoms with Crippen LogP contribution in [0.3, 0.4) is 0 Å². The van der Waals surface area contributed by atoms with E-state index in [-0.39, 0.29) is 30.6 Å². The average Bonchev–Trinajstić information content (AvgIpc) is 3.40. The molecule has 1 aromatic carbocycles. The fourth-order valence-electron chi connectivity index (χ4n) is 3.64. The van der Waals surface area contributed by atoms with Crippen molar-refractivity contribution in [2.75, 3.05) is 26.0 Å². The standard InChI is InChI=1S/C22H31F2NO7S/c1-22(2,3)32-21(26)25-11-16(9-17(25)13-30-33(4,27)28)15-7-8-18(31-20(23)24)19(10-15)29-12-14-5-6-14/h7-8,10,14,16-17,20H,5-6,9,11-13H2,1-4H3. The number of nitrogens with zero attached hydrogens (tertiary/aromatic N) is 1. The van der Waals surface area contributed by atoms with Gasteiger partial charge in [0.25, 0.3) is 10.1 Å². The lowest BCUT2D eigenvalue weighted by atomic mass is 9.96. The second-order valence-corrected chi connectivity index (χ2v) is 11.2. The van der Waals surface area contributed by atoms with Crippen molar-refractivity contribution in [1.82, 2.24) is 4.90 Å². The molecule has 2 fully saturated rings. The Kier molecular flexibility index (Phi) is 7.73. The number of carbonyl (C=O) groups excluding carboxylic acids is 1. The number of hydrogen-bond donors (Lipinski definition) is 0. The molecule has 1 amide bonds. The second kappa shape index (κ2) is 10.0. The van der Waals surface area contributed by atoms with E-state index in [9.17, 15) is 22.0 Å². The molecular weight excluding hydrogens is 460 g/mol. The van der Waals surface area contributed by atoms with E-state index in [1.165, 1.54) is 11.0 Å². The first-order valence-corrected chi connectivity index (χ1v) is 12.7. The van der Waals surface area contributed by atoms with Crippen LogP contribution >= 0.6 is 0 Å². The molecule has 33 heavy (non-hydrogen) atoms. The van der Waals surface area contributed by atoms with Gasteiger partial charge >= 0.3 is 12.7 Å². The summed E-state index contributed by atoms with van der Waals surface area (Å²) in [6.07, 6.45) is 2.87. The number of halogens is 2. The quantitative estimate of drug-likeness (QED) is 0.479. The molecule has 0 N–H and O–H groups in total. The summed E-state index contributed by atoms with van der Waals surface area (Å²) in [5.74, 6) is 0.391. The van der Waals surface area contributed by atoms with E-state index in [2.05, 4.69) is 4.74 Å². The average molecular weight is 492 g/mol. The Balaban J connectivity index is 1.81. The first-order valence-electron chi connectivity index (χ1n) is 10.9. The molecule has 3 rings (SSSR count). The van der Waals surface area contributed by atoms with Crippen LogP contribution in [0.5, 0.6) is 11.5 Å². The van der Waals surface area contributed by atoms with Gasteiger partial charge in [-0.3, -0.25) is 4.18 Å². The lowest BCUT2D eigenvalue weighted by Crippen LogP contribution is -2.42. The zero-order valence-corrected chi connectivity index (χ0v) is 20.1. The van der Waals surface area contributed by atoms with Crippen molar-refractivity contribution >= 4 is 16.2 Å². The number of likely N-dealkylation sites (tertiary alicyclic amines) is 1. The highest BCUT2D eigenvalue weighted by molar-refractivity contribution is 7.85. The molecule has 0 spiro atoms. The van der Waals surface area contributed by atoms with E-state index in [1.54, 1.807) is 32.9 Å². The Bertz CT molecular complexity index is 945. The SMILES string of the molecule is CC(C)(C)OC(=O)N1CC(c2ccc(OC(F)F)c(OCC3CC3)c2)CC1COS(C)(=O)=O. The van der Waals surface area contributed by atoms with Crippen molar-refractivity contribution in [3.63, 3.8) is 0 Å². The Morgan fingerprint density at radius 1 is 1.18 bits per heavy atom. The fraction of sp³-hybridized carbons (Fsp3) is 0.682. The zero-order chi connectivity index (χ0) is 24.4. The maximum atomic E-state index is 12.8. The van der Waals surface area contributed by atoms with Crippen molar-refractivity contribution in [3.8, 4) is 11.5 Å². The van der Waals surface area contributed by atoms with Crippen LogP contribution in [0.1, 0.15) is 51.5 Å². The minimum Gasteiger partial charge on any atom is -0.489 e. The molecule has 2 aliphatic rings. The predicted molar refractivity (Wildman–Crippen MR) is 116 cm³/mol. The van der Waals surface area contributed by atoms with Crippen LogP contribution in [0.15, 0.2) is 18.2 Å². The summed E-state index contributed by atoms with van der Waals surface area (Å²) in [6.45, 7) is 2.72. The molecule has 1 saturated carbocycles. The van der Waals surface area contributed by atoms with Crippen LogP contribution in [0.25, 0.3) is 0 Å². The van der Waals surface area contributed by atoms with Gasteiger partial charge in [0.05, 0.1) is 25.5 Å². The highest BCUT2D eigenvalue weighted by Gasteiger charge is 2.39. The minimum atomic E-state index is -3.70. The number of alkyl halides is 2. The van der Waals surface area contributed by atoms with E-state index < -0.39 is 34.5 Å². The largest absolute Gasteiger partial charge is 0.489 e. The topological polar surface area (TPSA) is 91.4 Å². The van der Waals surface area contributed by atoms with Gasteiger partial charge < -0.3 is 19.1 Å². The predicted octanol–water partition coefficient (Wildman–Crippen LogP) is 4.15. The monoisotopic (exact) mass is 491 g/mol. The van der Waals surface area contributed by atoms with Gasteiger partial charge in [0.2, 0.25) is 0 Å². The van der Waals surface area contributed by atoms with Crippen LogP contribution in [-0.4, -0.2) is 63.7 Å². The van der Waals surface area contributed by atoms with E-state index >= 15 is 0 Å². The van der Waals surface area contributed by atoms with Gasteiger partial charge in [0.15, 0.2) is 11.5 Å². The molecule has 0 aromatic heterocycles. The normalized spacial score (nSPS) is 21.4. The molecule has 1 aliphatic heterocycles. The molecule has 8 nitrogen and oxygen atoms in total. The summed E-state index contributed by atoms with van der Waals surface area (Å²) in [5, 5.41) is 0. The third kappa shape index (κ3) is 7.99. The molecule has 186 valence electrons. The molecule has 2 atom stereocenters. The molecule has 11 heteroatoms. The number of rotatable bonds is 9. The van der Waals surface area contributed by atoms with Crippen molar-refractivity contribution in [2.45, 2.75) is 64.2 Å². The maximum Gasteiger partial charge on any atom is 0.410 e. The summed E-state index contributed by atoms with van der Waals surface area (Å²) in [4.78, 5) is 14.2. The highest BCUT2D eigenvalue weighted by atomic mass is 32.2. The fourth-order valence-corrected chi connectivity index (χ4v) is 4.04. The maximum absolute atomic E-state index is 12.8. The molecule has 1 aliphatic carbocycles. The molecule has 1 saturated heterocycles. The third-order valence-electron chi connectivity index (χ3n) is 5.34. The van der Waals surface area contributed by atoms with Crippen LogP contribution in [0.4, 0.5) is 13.6 Å². The lowest BCUT2D eigenvalue weighted by molar-refractivity contribution is -0.0515. The molecule has 0 bridgehead atoms. The van der Waals surface area contributed by atoms with Crippen LogP contribution in [0, 0.1) is 5.92 Å². The Hall–Kier alpha value is -2.14. The number of amides is 1. The van der Waals surface area contributed by atoms with Gasteiger partial charge in [-0.1, -0.05) is 6.07 Å². The number of benzene rings is 1. The number of hydrogen-bond acceptors (Lipinski definition) is 7. The van der Waals surface area contributed by atoms with Crippen molar-refractivity contribution in [3.05, 3.63) is 23.8 Å². The second-order valence-electron chi connectivity index (χ2n) is 9.55. The van der Waals surface area contributed by atoms with E-state index in [1.807, 2.05) is 0 Å². The number of ether oxygens (including phenoxy) is 3. The molecule has 1 heterocycles. The van der Waals surface area contributed by atoms with E-state index in [0.717, 1.165) is 24.7 Å². The summed E-state index contributed by atoms with van der Waals surface area (Å²) in [7, 11) is -3.70. The molecular formula is C22H31F2NO7S. The van der Waals surface area contributed by atoms with E-state index in [0.29, 0.717) is 18.9 Å². The van der Waals surface area contributed by atoms with Crippen LogP contribution in [-0.2, 0) is 19.0 Å². The molecule has 2 unspecified atom stereocenters. The summed E-state index contributed by atoms with van der Waals surface area (Å²) in [6, 6.07) is 4.20. The molecule has 1 aromatic rings. The van der Waals surface area contributed by atoms with Crippen LogP contribution < -0.4 is 9.47 Å². The van der Waals surface area contributed by atoms with Gasteiger partial charge in [-0.15, -0.1) is 0 Å². The van der Waals surface area contributed by atoms with E-state index in [4.69, 9.17) is 13.7 Å². The number of carbonyl (C=O) groups is 1. The van der Waals surface area contributed by atoms with Gasteiger partial charge in [0.1, 0.15) is 5.60 Å². The Morgan fingerprint density at radius 3 is 2.45 bits per heavy atom. The zero-order valence-electron chi connectivity index (χ0n) is 19.3. The van der Waals surface area contributed by atoms with Crippen LogP contribution in [0.2, 0.25) is 0 Å².